The Labute approximate surface area is 116 Å². The van der Waals surface area contributed by atoms with Gasteiger partial charge >= 0.3 is 0 Å². The Hall–Kier alpha value is -1.79. The Morgan fingerprint density at radius 3 is 2.40 bits per heavy atom. The van der Waals surface area contributed by atoms with Crippen LogP contribution in [0.3, 0.4) is 0 Å². The molecule has 3 nitrogen and oxygen atoms in total. The monoisotopic (exact) mass is 297 g/mol. The third-order valence-corrected chi connectivity index (χ3v) is 3.99. The fourth-order valence-electron chi connectivity index (χ4n) is 1.71. The first-order chi connectivity index (χ1) is 9.46. The maximum Gasteiger partial charge on any atom is 0.216 e. The van der Waals surface area contributed by atoms with Crippen molar-refractivity contribution in [2.75, 3.05) is 0 Å². The Balaban J connectivity index is 2.04. The van der Waals surface area contributed by atoms with Crippen LogP contribution in [-0.2, 0) is 22.3 Å². The van der Waals surface area contributed by atoms with Gasteiger partial charge in [0.25, 0.3) is 0 Å². The van der Waals surface area contributed by atoms with Gasteiger partial charge in [-0.2, -0.15) is 0 Å². The fraction of sp³-hybridized carbons (Fsp3) is 0.143. The molecule has 0 unspecified atom stereocenters. The van der Waals surface area contributed by atoms with Crippen molar-refractivity contribution >= 4 is 10.0 Å². The number of halogens is 2. The van der Waals surface area contributed by atoms with E-state index in [-0.39, 0.29) is 17.9 Å². The SMILES string of the molecule is O=S(=O)(Cc1ccccc1)NCc1cc(F)ccc1F. The molecular formula is C14H13F2NO2S. The topological polar surface area (TPSA) is 46.2 Å². The predicted molar refractivity (Wildman–Crippen MR) is 72.3 cm³/mol. The minimum Gasteiger partial charge on any atom is -0.212 e. The number of sulfonamides is 1. The van der Waals surface area contributed by atoms with Crippen LogP contribution >= 0.6 is 0 Å². The fourth-order valence-corrected chi connectivity index (χ4v) is 2.82. The van der Waals surface area contributed by atoms with Gasteiger partial charge in [-0.25, -0.2) is 21.9 Å². The molecule has 2 aromatic rings. The molecule has 0 aliphatic rings. The van der Waals surface area contributed by atoms with Crippen molar-refractivity contribution in [2.45, 2.75) is 12.3 Å². The second-order valence-electron chi connectivity index (χ2n) is 4.30. The van der Waals surface area contributed by atoms with Gasteiger partial charge in [-0.05, 0) is 23.8 Å². The summed E-state index contributed by atoms with van der Waals surface area (Å²) in [5.41, 5.74) is 0.598. The summed E-state index contributed by atoms with van der Waals surface area (Å²) in [5.74, 6) is -1.46. The summed E-state index contributed by atoms with van der Waals surface area (Å²) in [7, 11) is -3.60. The lowest BCUT2D eigenvalue weighted by Gasteiger charge is -2.08. The highest BCUT2D eigenvalue weighted by Crippen LogP contribution is 2.10. The molecule has 20 heavy (non-hydrogen) atoms. The van der Waals surface area contributed by atoms with Crippen molar-refractivity contribution in [1.82, 2.24) is 4.72 Å². The number of rotatable bonds is 5. The summed E-state index contributed by atoms with van der Waals surface area (Å²) < 4.78 is 52.3. The summed E-state index contributed by atoms with van der Waals surface area (Å²) in [6, 6.07) is 11.5. The average Bonchev–Trinajstić information content (AvgIpc) is 2.40. The lowest BCUT2D eigenvalue weighted by Crippen LogP contribution is -2.25. The van der Waals surface area contributed by atoms with Crippen LogP contribution in [0.5, 0.6) is 0 Å². The standard InChI is InChI=1S/C14H13F2NO2S/c15-13-6-7-14(16)12(8-13)9-17-20(18,19)10-11-4-2-1-3-5-11/h1-8,17H,9-10H2. The van der Waals surface area contributed by atoms with Gasteiger partial charge in [0, 0.05) is 12.1 Å². The third-order valence-electron chi connectivity index (χ3n) is 2.69. The molecule has 0 amide bonds. The largest absolute Gasteiger partial charge is 0.216 e. The highest BCUT2D eigenvalue weighted by atomic mass is 32.2. The van der Waals surface area contributed by atoms with E-state index in [1.165, 1.54) is 0 Å². The molecule has 0 bridgehead atoms. The number of hydrogen-bond donors (Lipinski definition) is 1. The normalized spacial score (nSPS) is 11.5. The molecule has 106 valence electrons. The van der Waals surface area contributed by atoms with Gasteiger partial charge in [0.15, 0.2) is 0 Å². The molecule has 0 aliphatic heterocycles. The van der Waals surface area contributed by atoms with Gasteiger partial charge in [0.05, 0.1) is 5.75 Å². The lowest BCUT2D eigenvalue weighted by atomic mass is 10.2. The molecule has 0 aromatic heterocycles. The van der Waals surface area contributed by atoms with Crippen molar-refractivity contribution in [1.29, 1.82) is 0 Å². The van der Waals surface area contributed by atoms with Gasteiger partial charge in [-0.3, -0.25) is 0 Å². The Kier molecular flexibility index (Phi) is 4.46. The molecular weight excluding hydrogens is 284 g/mol. The molecule has 0 aliphatic carbocycles. The first kappa shape index (κ1) is 14.6. The molecule has 2 aromatic carbocycles. The van der Waals surface area contributed by atoms with E-state index in [1.54, 1.807) is 30.3 Å². The molecule has 0 saturated carbocycles. The van der Waals surface area contributed by atoms with Crippen LogP contribution in [0.4, 0.5) is 8.78 Å². The summed E-state index contributed by atoms with van der Waals surface area (Å²) in [5, 5.41) is 0. The predicted octanol–water partition coefficient (Wildman–Crippen LogP) is 2.58. The van der Waals surface area contributed by atoms with Gasteiger partial charge in [0.1, 0.15) is 11.6 Å². The number of nitrogens with one attached hydrogen (secondary N) is 1. The van der Waals surface area contributed by atoms with E-state index < -0.39 is 21.7 Å². The zero-order chi connectivity index (χ0) is 14.6. The van der Waals surface area contributed by atoms with Crippen LogP contribution in [0.15, 0.2) is 48.5 Å². The van der Waals surface area contributed by atoms with Gasteiger partial charge < -0.3 is 0 Å². The van der Waals surface area contributed by atoms with Crippen molar-refractivity contribution < 1.29 is 17.2 Å². The van der Waals surface area contributed by atoms with E-state index in [2.05, 4.69) is 4.72 Å². The van der Waals surface area contributed by atoms with Crippen LogP contribution in [0.2, 0.25) is 0 Å². The van der Waals surface area contributed by atoms with Crippen molar-refractivity contribution in [2.24, 2.45) is 0 Å². The number of benzene rings is 2. The smallest absolute Gasteiger partial charge is 0.212 e. The van der Waals surface area contributed by atoms with E-state index in [0.717, 1.165) is 18.2 Å². The van der Waals surface area contributed by atoms with E-state index in [1.807, 2.05) is 0 Å². The zero-order valence-electron chi connectivity index (χ0n) is 10.5. The molecule has 0 spiro atoms. The quantitative estimate of drug-likeness (QED) is 0.922. The van der Waals surface area contributed by atoms with Gasteiger partial charge in [-0.15, -0.1) is 0 Å². The van der Waals surface area contributed by atoms with Crippen molar-refractivity contribution in [3.8, 4) is 0 Å². The molecule has 0 heterocycles. The van der Waals surface area contributed by atoms with Crippen LogP contribution in [0.25, 0.3) is 0 Å². The van der Waals surface area contributed by atoms with E-state index in [4.69, 9.17) is 0 Å². The minimum atomic E-state index is -3.60. The molecule has 6 heteroatoms. The Morgan fingerprint density at radius 1 is 1.00 bits per heavy atom. The molecule has 0 fully saturated rings. The van der Waals surface area contributed by atoms with Gasteiger partial charge in [-0.1, -0.05) is 30.3 Å². The van der Waals surface area contributed by atoms with E-state index >= 15 is 0 Å². The summed E-state index contributed by atoms with van der Waals surface area (Å²) in [6.45, 7) is -0.279. The van der Waals surface area contributed by atoms with E-state index in [9.17, 15) is 17.2 Å². The first-order valence-corrected chi connectivity index (χ1v) is 7.57. The maximum atomic E-state index is 13.4. The molecule has 0 saturated heterocycles. The van der Waals surface area contributed by atoms with Crippen molar-refractivity contribution in [3.63, 3.8) is 0 Å². The van der Waals surface area contributed by atoms with E-state index in [0.29, 0.717) is 5.56 Å². The highest BCUT2D eigenvalue weighted by Gasteiger charge is 2.13. The second-order valence-corrected chi connectivity index (χ2v) is 6.11. The second kappa shape index (κ2) is 6.11. The number of hydrogen-bond acceptors (Lipinski definition) is 2. The first-order valence-electron chi connectivity index (χ1n) is 5.91. The molecule has 0 atom stereocenters. The minimum absolute atomic E-state index is 0.0263. The highest BCUT2D eigenvalue weighted by molar-refractivity contribution is 7.88. The summed E-state index contributed by atoms with van der Waals surface area (Å²) >= 11 is 0. The summed E-state index contributed by atoms with van der Waals surface area (Å²) in [6.07, 6.45) is 0. The zero-order valence-corrected chi connectivity index (χ0v) is 11.3. The maximum absolute atomic E-state index is 13.4. The van der Waals surface area contributed by atoms with Crippen molar-refractivity contribution in [3.05, 3.63) is 71.3 Å². The van der Waals surface area contributed by atoms with Crippen LogP contribution in [-0.4, -0.2) is 8.42 Å². The van der Waals surface area contributed by atoms with Crippen LogP contribution < -0.4 is 4.72 Å². The Bertz CT molecular complexity index is 688. The Morgan fingerprint density at radius 2 is 1.70 bits per heavy atom. The summed E-state index contributed by atoms with van der Waals surface area (Å²) in [4.78, 5) is 0. The molecule has 0 radical (unpaired) electrons. The average molecular weight is 297 g/mol. The molecule has 1 N–H and O–H groups in total. The van der Waals surface area contributed by atoms with Crippen LogP contribution in [0, 0.1) is 11.6 Å². The molecule has 2 rings (SSSR count). The third kappa shape index (κ3) is 4.11. The van der Waals surface area contributed by atoms with Crippen LogP contribution in [0.1, 0.15) is 11.1 Å². The lowest BCUT2D eigenvalue weighted by molar-refractivity contribution is 0.566. The van der Waals surface area contributed by atoms with Gasteiger partial charge in [0.2, 0.25) is 10.0 Å².